The molecule has 2 N–H and O–H groups in total. The number of thiocarbonyl (C=S) groups is 1. The van der Waals surface area contributed by atoms with E-state index in [9.17, 15) is 0 Å². The minimum absolute atomic E-state index is 0.178. The quantitative estimate of drug-likeness (QED) is 0.461. The van der Waals surface area contributed by atoms with Crippen LogP contribution in [0.15, 0.2) is 11.9 Å². The molecule has 0 atom stereocenters. The fourth-order valence-corrected chi connectivity index (χ4v) is 1.24. The summed E-state index contributed by atoms with van der Waals surface area (Å²) in [5.74, 6) is 0. The van der Waals surface area contributed by atoms with Crippen molar-refractivity contribution in [3.63, 3.8) is 0 Å². The highest BCUT2D eigenvalue weighted by molar-refractivity contribution is 7.80. The van der Waals surface area contributed by atoms with Gasteiger partial charge in [0, 0.05) is 18.6 Å². The number of rotatable bonds is 2. The number of hydrogen-bond donors (Lipinski definition) is 2. The molecular weight excluding hydrogens is 160 g/mol. The van der Waals surface area contributed by atoms with E-state index >= 15 is 0 Å². The normalized spacial score (nSPS) is 21.4. The molecule has 0 unspecified atom stereocenters. The van der Waals surface area contributed by atoms with Crippen molar-refractivity contribution in [2.24, 2.45) is 0 Å². The third-order valence-corrected chi connectivity index (χ3v) is 2.53. The highest BCUT2D eigenvalue weighted by Crippen LogP contribution is 2.19. The fourth-order valence-electron chi connectivity index (χ4n) is 1.06. The summed E-state index contributed by atoms with van der Waals surface area (Å²) in [5.41, 5.74) is 1.12. The Labute approximate surface area is 71.9 Å². The van der Waals surface area contributed by atoms with Crippen molar-refractivity contribution in [1.82, 2.24) is 5.32 Å². The average Bonchev–Trinajstić information content (AvgIpc) is 2.16. The van der Waals surface area contributed by atoms with Crippen LogP contribution in [0.2, 0.25) is 0 Å². The van der Waals surface area contributed by atoms with E-state index < -0.39 is 0 Å². The van der Waals surface area contributed by atoms with E-state index in [1.807, 2.05) is 20.3 Å². The van der Waals surface area contributed by atoms with Crippen molar-refractivity contribution in [3.05, 3.63) is 11.9 Å². The highest BCUT2D eigenvalue weighted by Gasteiger charge is 2.32. The molecule has 62 valence electrons. The van der Waals surface area contributed by atoms with Gasteiger partial charge in [-0.15, -0.1) is 0 Å². The summed E-state index contributed by atoms with van der Waals surface area (Å²) >= 11 is 5.07. The van der Waals surface area contributed by atoms with Crippen molar-refractivity contribution in [3.8, 4) is 0 Å². The van der Waals surface area contributed by atoms with Crippen LogP contribution in [0.3, 0.4) is 0 Å². The number of aliphatic hydroxyl groups excluding tert-OH is 1. The molecule has 0 radical (unpaired) electrons. The minimum Gasteiger partial charge on any atom is -0.396 e. The molecule has 0 saturated heterocycles. The number of nitrogens with one attached hydrogen (secondary N) is 1. The molecule has 0 spiro atoms. The molecule has 0 aromatic rings. The Kier molecular flexibility index (Phi) is 2.27. The summed E-state index contributed by atoms with van der Waals surface area (Å²) in [4.78, 5) is 0. The monoisotopic (exact) mass is 173 g/mol. The molecular formula is C7H13N2OS+. The van der Waals surface area contributed by atoms with Gasteiger partial charge in [-0.25, -0.2) is 4.48 Å². The van der Waals surface area contributed by atoms with Crippen LogP contribution in [-0.2, 0) is 0 Å². The van der Waals surface area contributed by atoms with E-state index in [1.54, 1.807) is 0 Å². The van der Waals surface area contributed by atoms with Crippen molar-refractivity contribution >= 4 is 17.3 Å². The topological polar surface area (TPSA) is 32.3 Å². The SMILES string of the molecule is C[N+]1(C)C(=S)NC=C1CCO. The van der Waals surface area contributed by atoms with Crippen LogP contribution in [0.4, 0.5) is 0 Å². The van der Waals surface area contributed by atoms with Gasteiger partial charge in [0.15, 0.2) is 0 Å². The molecule has 0 saturated carbocycles. The van der Waals surface area contributed by atoms with Gasteiger partial charge >= 0.3 is 0 Å². The first kappa shape index (κ1) is 8.64. The molecule has 4 heteroatoms. The smallest absolute Gasteiger partial charge is 0.278 e. The van der Waals surface area contributed by atoms with E-state index in [2.05, 4.69) is 5.32 Å². The Balaban J connectivity index is 2.75. The zero-order chi connectivity index (χ0) is 8.48. The van der Waals surface area contributed by atoms with E-state index in [4.69, 9.17) is 17.3 Å². The molecule has 3 nitrogen and oxygen atoms in total. The molecule has 0 fully saturated rings. The second kappa shape index (κ2) is 2.89. The van der Waals surface area contributed by atoms with Crippen LogP contribution < -0.4 is 5.32 Å². The summed E-state index contributed by atoms with van der Waals surface area (Å²) in [6, 6.07) is 0. The van der Waals surface area contributed by atoms with Crippen LogP contribution in [0, 0.1) is 0 Å². The molecule has 11 heavy (non-hydrogen) atoms. The Morgan fingerprint density at radius 3 is 2.64 bits per heavy atom. The van der Waals surface area contributed by atoms with Gasteiger partial charge in [0.1, 0.15) is 5.70 Å². The Morgan fingerprint density at radius 1 is 1.64 bits per heavy atom. The number of aliphatic hydroxyl groups is 1. The molecule has 1 aliphatic rings. The van der Waals surface area contributed by atoms with Crippen molar-refractivity contribution in [2.45, 2.75) is 6.42 Å². The van der Waals surface area contributed by atoms with E-state index in [-0.39, 0.29) is 6.61 Å². The predicted molar refractivity (Wildman–Crippen MR) is 47.6 cm³/mol. The molecule has 0 aliphatic carbocycles. The number of quaternary nitrogens is 1. The summed E-state index contributed by atoms with van der Waals surface area (Å²) in [6.45, 7) is 0.178. The lowest BCUT2D eigenvalue weighted by molar-refractivity contribution is -0.754. The highest BCUT2D eigenvalue weighted by atomic mass is 32.1. The minimum atomic E-state index is 0.178. The van der Waals surface area contributed by atoms with Crippen molar-refractivity contribution < 1.29 is 9.59 Å². The van der Waals surface area contributed by atoms with Crippen LogP contribution in [0.25, 0.3) is 0 Å². The summed E-state index contributed by atoms with van der Waals surface area (Å²) in [6.07, 6.45) is 2.55. The maximum atomic E-state index is 8.72. The largest absolute Gasteiger partial charge is 0.396 e. The summed E-state index contributed by atoms with van der Waals surface area (Å²) in [7, 11) is 4.01. The zero-order valence-electron chi connectivity index (χ0n) is 6.79. The van der Waals surface area contributed by atoms with Gasteiger partial charge in [-0.1, -0.05) is 0 Å². The third-order valence-electron chi connectivity index (χ3n) is 1.96. The maximum absolute atomic E-state index is 8.72. The number of hydrogen-bond acceptors (Lipinski definition) is 2. The van der Waals surface area contributed by atoms with Gasteiger partial charge in [0.25, 0.3) is 5.11 Å². The van der Waals surface area contributed by atoms with Crippen LogP contribution in [-0.4, -0.2) is 35.4 Å². The van der Waals surface area contributed by atoms with Crippen LogP contribution in [0.5, 0.6) is 0 Å². The number of nitrogens with zero attached hydrogens (tertiary/aromatic N) is 1. The first-order valence-electron chi connectivity index (χ1n) is 3.54. The lowest BCUT2D eigenvalue weighted by Crippen LogP contribution is -2.43. The maximum Gasteiger partial charge on any atom is 0.278 e. The fraction of sp³-hybridized carbons (Fsp3) is 0.571. The van der Waals surface area contributed by atoms with Crippen molar-refractivity contribution in [2.75, 3.05) is 20.7 Å². The molecule has 1 aliphatic heterocycles. The first-order chi connectivity index (χ1) is 5.09. The summed E-state index contributed by atoms with van der Waals surface area (Å²) in [5, 5.41) is 12.5. The van der Waals surface area contributed by atoms with Gasteiger partial charge in [0.05, 0.1) is 26.9 Å². The first-order valence-corrected chi connectivity index (χ1v) is 3.95. The molecule has 0 amide bonds. The average molecular weight is 173 g/mol. The van der Waals surface area contributed by atoms with Crippen molar-refractivity contribution in [1.29, 1.82) is 0 Å². The molecule has 0 bridgehead atoms. The third kappa shape index (κ3) is 1.42. The molecule has 1 heterocycles. The van der Waals surface area contributed by atoms with E-state index in [1.165, 1.54) is 0 Å². The Hall–Kier alpha value is -0.450. The van der Waals surface area contributed by atoms with Gasteiger partial charge in [-0.2, -0.15) is 0 Å². The van der Waals surface area contributed by atoms with E-state index in [0.717, 1.165) is 10.8 Å². The summed E-state index contributed by atoms with van der Waals surface area (Å²) < 4.78 is 0.579. The molecule has 1 rings (SSSR count). The molecule has 0 aromatic carbocycles. The Morgan fingerprint density at radius 2 is 2.27 bits per heavy atom. The van der Waals surface area contributed by atoms with Crippen LogP contribution in [0.1, 0.15) is 6.42 Å². The van der Waals surface area contributed by atoms with Gasteiger partial charge in [0.2, 0.25) is 0 Å². The lowest BCUT2D eigenvalue weighted by Gasteiger charge is -2.24. The van der Waals surface area contributed by atoms with Crippen LogP contribution >= 0.6 is 12.2 Å². The Bertz CT molecular complexity index is 210. The van der Waals surface area contributed by atoms with Gasteiger partial charge in [-0.05, 0) is 0 Å². The van der Waals surface area contributed by atoms with Gasteiger partial charge in [-0.3, -0.25) is 0 Å². The van der Waals surface area contributed by atoms with E-state index in [0.29, 0.717) is 10.9 Å². The van der Waals surface area contributed by atoms with Gasteiger partial charge < -0.3 is 10.4 Å². The standard InChI is InChI=1S/C7H12N2OS/c1-9(2)6(3-4-10)5-8-7(9)11/h5,10H,3-4H2,1-2H3/p+1. The zero-order valence-corrected chi connectivity index (χ0v) is 7.61. The second-order valence-electron chi connectivity index (χ2n) is 3.01. The second-order valence-corrected chi connectivity index (χ2v) is 3.40. The molecule has 0 aromatic heterocycles. The lowest BCUT2D eigenvalue weighted by atomic mass is 10.3. The predicted octanol–water partition coefficient (Wildman–Crippen LogP) is 0.175.